The molecule has 0 heterocycles. The zero-order chi connectivity index (χ0) is 20.0. The molecule has 3 aromatic rings. The van der Waals surface area contributed by atoms with E-state index in [9.17, 15) is 18.0 Å². The highest BCUT2D eigenvalue weighted by atomic mass is 19.4. The van der Waals surface area contributed by atoms with Crippen LogP contribution in [0, 0.1) is 0 Å². The van der Waals surface area contributed by atoms with E-state index in [2.05, 4.69) is 0 Å². The quantitative estimate of drug-likeness (QED) is 0.514. The van der Waals surface area contributed by atoms with Crippen LogP contribution in [-0.4, -0.2) is 5.97 Å². The molecule has 0 radical (unpaired) electrons. The fourth-order valence-electron chi connectivity index (χ4n) is 2.55. The number of ether oxygens (including phenoxy) is 2. The number of rotatable bonds is 6. The van der Waals surface area contributed by atoms with Gasteiger partial charge in [-0.05, 0) is 29.3 Å². The summed E-state index contributed by atoms with van der Waals surface area (Å²) in [5.41, 5.74) is 0.282. The van der Waals surface area contributed by atoms with Crippen LogP contribution in [0.5, 0.6) is 5.75 Å². The van der Waals surface area contributed by atoms with Gasteiger partial charge in [0.25, 0.3) is 0 Å². The lowest BCUT2D eigenvalue weighted by molar-refractivity contribution is -0.139. The molecule has 0 aliphatic heterocycles. The third kappa shape index (κ3) is 5.13. The molecule has 6 heteroatoms. The van der Waals surface area contributed by atoms with Crippen LogP contribution in [0.25, 0.3) is 0 Å². The van der Waals surface area contributed by atoms with Crippen molar-refractivity contribution in [2.75, 3.05) is 0 Å². The summed E-state index contributed by atoms with van der Waals surface area (Å²) in [4.78, 5) is 12.2. The second-order valence-electron chi connectivity index (χ2n) is 6.04. The van der Waals surface area contributed by atoms with E-state index in [0.717, 1.165) is 23.3 Å². The number of alkyl halides is 3. The summed E-state index contributed by atoms with van der Waals surface area (Å²) in [6.45, 7) is -0.0327. The average molecular weight is 386 g/mol. The van der Waals surface area contributed by atoms with Gasteiger partial charge in [-0.15, -0.1) is 0 Å². The molecule has 0 N–H and O–H groups in total. The van der Waals surface area contributed by atoms with Crippen molar-refractivity contribution in [3.8, 4) is 5.75 Å². The van der Waals surface area contributed by atoms with Gasteiger partial charge >= 0.3 is 12.1 Å². The van der Waals surface area contributed by atoms with Gasteiger partial charge in [0.15, 0.2) is 0 Å². The molecule has 0 amide bonds. The van der Waals surface area contributed by atoms with E-state index < -0.39 is 17.7 Å². The number of hydrogen-bond acceptors (Lipinski definition) is 3. The molecule has 0 aliphatic rings. The van der Waals surface area contributed by atoms with Crippen molar-refractivity contribution in [2.45, 2.75) is 19.4 Å². The Morgan fingerprint density at radius 1 is 0.786 bits per heavy atom. The minimum absolute atomic E-state index is 0.0122. The molecule has 0 aromatic heterocycles. The molecular weight excluding hydrogens is 369 g/mol. The first-order chi connectivity index (χ1) is 13.4. The minimum atomic E-state index is -4.66. The summed E-state index contributed by atoms with van der Waals surface area (Å²) in [6, 6.07) is 20.9. The zero-order valence-electron chi connectivity index (χ0n) is 14.8. The summed E-state index contributed by atoms with van der Waals surface area (Å²) in [6.07, 6.45) is -4.66. The maximum Gasteiger partial charge on any atom is 0.419 e. The van der Waals surface area contributed by atoms with Crippen molar-refractivity contribution in [3.05, 3.63) is 101 Å². The van der Waals surface area contributed by atoms with Gasteiger partial charge in [-0.3, -0.25) is 0 Å². The van der Waals surface area contributed by atoms with Crippen LogP contribution in [0.2, 0.25) is 0 Å². The lowest BCUT2D eigenvalue weighted by Crippen LogP contribution is -2.12. The highest BCUT2D eigenvalue weighted by Crippen LogP contribution is 2.37. The normalized spacial score (nSPS) is 11.1. The first-order valence-electron chi connectivity index (χ1n) is 8.52. The van der Waals surface area contributed by atoms with Crippen molar-refractivity contribution in [1.82, 2.24) is 0 Å². The Balaban J connectivity index is 1.75. The molecule has 0 spiro atoms. The fraction of sp³-hybridized carbons (Fsp3) is 0.136. The van der Waals surface area contributed by atoms with Crippen LogP contribution in [0.1, 0.15) is 27.0 Å². The topological polar surface area (TPSA) is 35.5 Å². The Morgan fingerprint density at radius 2 is 1.36 bits per heavy atom. The van der Waals surface area contributed by atoms with Crippen LogP contribution in [0.4, 0.5) is 13.2 Å². The number of hydrogen-bond donors (Lipinski definition) is 0. The zero-order valence-corrected chi connectivity index (χ0v) is 14.8. The third-order valence-electron chi connectivity index (χ3n) is 3.97. The van der Waals surface area contributed by atoms with Gasteiger partial charge in [-0.2, -0.15) is 13.2 Å². The van der Waals surface area contributed by atoms with Gasteiger partial charge < -0.3 is 9.47 Å². The fourth-order valence-corrected chi connectivity index (χ4v) is 2.55. The van der Waals surface area contributed by atoms with Gasteiger partial charge in [0.1, 0.15) is 19.0 Å². The highest BCUT2D eigenvalue weighted by molar-refractivity contribution is 5.90. The first kappa shape index (κ1) is 19.5. The van der Waals surface area contributed by atoms with Gasteiger partial charge in [0.2, 0.25) is 0 Å². The molecule has 3 rings (SSSR count). The second-order valence-corrected chi connectivity index (χ2v) is 6.04. The third-order valence-corrected chi connectivity index (χ3v) is 3.97. The van der Waals surface area contributed by atoms with Gasteiger partial charge in [0, 0.05) is 0 Å². The number of halogens is 3. The molecule has 0 aliphatic carbocycles. The van der Waals surface area contributed by atoms with Crippen molar-refractivity contribution in [2.24, 2.45) is 0 Å². The predicted octanol–water partition coefficient (Wildman–Crippen LogP) is 5.64. The average Bonchev–Trinajstić information content (AvgIpc) is 2.71. The Hall–Kier alpha value is -3.28. The molecule has 0 unspecified atom stereocenters. The maximum absolute atomic E-state index is 13.4. The molecule has 0 atom stereocenters. The van der Waals surface area contributed by atoms with Crippen LogP contribution < -0.4 is 4.74 Å². The van der Waals surface area contributed by atoms with Crippen molar-refractivity contribution in [1.29, 1.82) is 0 Å². The van der Waals surface area contributed by atoms with Crippen LogP contribution >= 0.6 is 0 Å². The largest absolute Gasteiger partial charge is 0.488 e. The Kier molecular flexibility index (Phi) is 5.99. The van der Waals surface area contributed by atoms with Crippen molar-refractivity contribution >= 4 is 5.97 Å². The van der Waals surface area contributed by atoms with Crippen molar-refractivity contribution < 1.29 is 27.4 Å². The maximum atomic E-state index is 13.4. The number of carbonyl (C=O) groups excluding carboxylic acids is 1. The lowest BCUT2D eigenvalue weighted by atomic mass is 10.1. The highest BCUT2D eigenvalue weighted by Gasteiger charge is 2.35. The van der Waals surface area contributed by atoms with Gasteiger partial charge in [-0.1, -0.05) is 60.7 Å². The number of benzene rings is 3. The molecular formula is C22H17F3O3. The summed E-state index contributed by atoms with van der Waals surface area (Å²) in [7, 11) is 0. The Morgan fingerprint density at radius 3 is 1.93 bits per heavy atom. The second kappa shape index (κ2) is 8.61. The summed E-state index contributed by atoms with van der Waals surface area (Å²) >= 11 is 0. The summed E-state index contributed by atoms with van der Waals surface area (Å²) in [5.74, 6) is -1.17. The van der Waals surface area contributed by atoms with E-state index in [-0.39, 0.29) is 24.5 Å². The monoisotopic (exact) mass is 386 g/mol. The Labute approximate surface area is 160 Å². The van der Waals surface area contributed by atoms with Gasteiger partial charge in [-0.25, -0.2) is 4.79 Å². The minimum Gasteiger partial charge on any atom is -0.488 e. The predicted molar refractivity (Wildman–Crippen MR) is 97.8 cm³/mol. The SMILES string of the molecule is O=C(OCc1ccccc1)c1ccc(OCc2ccccc2)c(C(F)(F)F)c1. The van der Waals surface area contributed by atoms with E-state index >= 15 is 0 Å². The molecule has 3 aromatic carbocycles. The van der Waals surface area contributed by atoms with E-state index in [1.165, 1.54) is 6.07 Å². The van der Waals surface area contributed by atoms with Crippen LogP contribution in [0.15, 0.2) is 78.9 Å². The van der Waals surface area contributed by atoms with Crippen LogP contribution in [-0.2, 0) is 24.1 Å². The molecule has 28 heavy (non-hydrogen) atoms. The number of esters is 1. The first-order valence-corrected chi connectivity index (χ1v) is 8.52. The molecule has 0 saturated carbocycles. The Bertz CT molecular complexity index is 923. The molecule has 3 nitrogen and oxygen atoms in total. The summed E-state index contributed by atoms with van der Waals surface area (Å²) < 4.78 is 50.8. The van der Waals surface area contributed by atoms with E-state index in [4.69, 9.17) is 9.47 Å². The van der Waals surface area contributed by atoms with Gasteiger partial charge in [0.05, 0.1) is 11.1 Å². The molecule has 0 fully saturated rings. The van der Waals surface area contributed by atoms with E-state index in [1.54, 1.807) is 54.6 Å². The molecule has 0 saturated heterocycles. The van der Waals surface area contributed by atoms with Crippen molar-refractivity contribution in [3.63, 3.8) is 0 Å². The standard InChI is InChI=1S/C22H17F3O3/c23-22(24,25)19-13-18(21(26)28-15-17-9-5-2-6-10-17)11-12-20(19)27-14-16-7-3-1-4-8-16/h1-13H,14-15H2. The van der Waals surface area contributed by atoms with E-state index in [1.807, 2.05) is 6.07 Å². The molecule has 0 bridgehead atoms. The van der Waals surface area contributed by atoms with Crippen LogP contribution in [0.3, 0.4) is 0 Å². The number of carbonyl (C=O) groups is 1. The van der Waals surface area contributed by atoms with E-state index in [0.29, 0.717) is 0 Å². The summed E-state index contributed by atoms with van der Waals surface area (Å²) in [5, 5.41) is 0. The molecule has 144 valence electrons. The smallest absolute Gasteiger partial charge is 0.419 e. The lowest BCUT2D eigenvalue weighted by Gasteiger charge is -2.15.